The Morgan fingerprint density at radius 1 is 0.879 bits per heavy atom. The summed E-state index contributed by atoms with van der Waals surface area (Å²) in [5, 5.41) is 4.09. The fraction of sp³-hybridized carbons (Fsp3) is 0.444. The highest BCUT2D eigenvalue weighted by Gasteiger charge is 2.08. The molecule has 0 saturated heterocycles. The van der Waals surface area contributed by atoms with Gasteiger partial charge in [0.05, 0.1) is 20.3 Å². The van der Waals surface area contributed by atoms with Gasteiger partial charge < -0.3 is 23.8 Å². The van der Waals surface area contributed by atoms with E-state index in [0.29, 0.717) is 26.4 Å². The zero-order valence-corrected chi connectivity index (χ0v) is 20.6. The molecular weight excluding hydrogens is 418 g/mol. The molecule has 2 rings (SSSR count). The van der Waals surface area contributed by atoms with Crippen molar-refractivity contribution in [3.63, 3.8) is 0 Å². The SMILES string of the molecule is C/C=C/COc1cc(C)c(OCCCCCOC/C(=N/OC)c2ccc(OC)cc2)c(C)c1. The molecule has 2 aromatic carbocycles. The molecule has 0 aliphatic carbocycles. The third-order valence-electron chi connectivity index (χ3n) is 5.06. The van der Waals surface area contributed by atoms with Crippen LogP contribution >= 0.6 is 0 Å². The van der Waals surface area contributed by atoms with Crippen molar-refractivity contribution in [3.05, 3.63) is 65.2 Å². The molecule has 0 spiro atoms. The highest BCUT2D eigenvalue weighted by Crippen LogP contribution is 2.28. The molecule has 0 atom stereocenters. The summed E-state index contributed by atoms with van der Waals surface area (Å²) in [5.74, 6) is 2.63. The predicted octanol–water partition coefficient (Wildman–Crippen LogP) is 5.88. The molecule has 0 aliphatic rings. The molecule has 0 heterocycles. The van der Waals surface area contributed by atoms with E-state index in [9.17, 15) is 0 Å². The third-order valence-corrected chi connectivity index (χ3v) is 5.06. The Kier molecular flexibility index (Phi) is 11.9. The number of hydrogen-bond acceptors (Lipinski definition) is 6. The van der Waals surface area contributed by atoms with Crippen LogP contribution in [0, 0.1) is 13.8 Å². The monoisotopic (exact) mass is 455 g/mol. The van der Waals surface area contributed by atoms with Gasteiger partial charge in [-0.2, -0.15) is 0 Å². The second-order valence-electron chi connectivity index (χ2n) is 7.68. The number of oxime groups is 1. The van der Waals surface area contributed by atoms with E-state index in [2.05, 4.69) is 19.0 Å². The molecule has 0 unspecified atom stereocenters. The lowest BCUT2D eigenvalue weighted by atomic mass is 10.1. The standard InChI is InChI=1S/C27H37NO5/c1-6-7-16-32-25-18-21(2)27(22(3)19-25)33-17-10-8-9-15-31-20-26(28-30-5)23-11-13-24(29-4)14-12-23/h6-7,11-14,18-19H,8-10,15-17,20H2,1-5H3/b7-6+,28-26-. The van der Waals surface area contributed by atoms with E-state index < -0.39 is 0 Å². The molecule has 2 aromatic rings. The van der Waals surface area contributed by atoms with E-state index in [-0.39, 0.29) is 0 Å². The lowest BCUT2D eigenvalue weighted by Crippen LogP contribution is -2.12. The molecule has 180 valence electrons. The van der Waals surface area contributed by atoms with Crippen LogP contribution in [0.25, 0.3) is 0 Å². The number of hydrogen-bond donors (Lipinski definition) is 0. The Balaban J connectivity index is 1.67. The first-order valence-electron chi connectivity index (χ1n) is 11.4. The van der Waals surface area contributed by atoms with Gasteiger partial charge in [-0.25, -0.2) is 0 Å². The number of aryl methyl sites for hydroxylation is 2. The Bertz CT molecular complexity index is 867. The first-order chi connectivity index (χ1) is 16.1. The quantitative estimate of drug-likeness (QED) is 0.145. The van der Waals surface area contributed by atoms with Gasteiger partial charge in [0, 0.05) is 12.2 Å². The smallest absolute Gasteiger partial charge is 0.125 e. The van der Waals surface area contributed by atoms with Crippen molar-refractivity contribution < 1.29 is 23.8 Å². The number of methoxy groups -OCH3 is 1. The predicted molar refractivity (Wildman–Crippen MR) is 133 cm³/mol. The van der Waals surface area contributed by atoms with Crippen LogP contribution in [0.1, 0.15) is 42.9 Å². The molecule has 0 saturated carbocycles. The molecule has 0 fully saturated rings. The minimum Gasteiger partial charge on any atom is -0.497 e. The number of allylic oxidation sites excluding steroid dienone is 1. The van der Waals surface area contributed by atoms with E-state index in [1.807, 2.05) is 55.5 Å². The minimum atomic E-state index is 0.400. The zero-order valence-electron chi connectivity index (χ0n) is 20.6. The molecule has 6 nitrogen and oxygen atoms in total. The van der Waals surface area contributed by atoms with Crippen molar-refractivity contribution in [1.82, 2.24) is 0 Å². The molecule has 0 N–H and O–H groups in total. The van der Waals surface area contributed by atoms with Gasteiger partial charge in [0.15, 0.2) is 0 Å². The normalized spacial score (nSPS) is 11.6. The lowest BCUT2D eigenvalue weighted by Gasteiger charge is -2.14. The van der Waals surface area contributed by atoms with Crippen molar-refractivity contribution in [3.8, 4) is 17.2 Å². The maximum atomic E-state index is 6.05. The Morgan fingerprint density at radius 3 is 2.21 bits per heavy atom. The van der Waals surface area contributed by atoms with Crippen LogP contribution in [0.15, 0.2) is 53.7 Å². The van der Waals surface area contributed by atoms with Crippen molar-refractivity contribution >= 4 is 5.71 Å². The summed E-state index contributed by atoms with van der Waals surface area (Å²) < 4.78 is 22.8. The van der Waals surface area contributed by atoms with Gasteiger partial charge in [-0.05, 0) is 87.6 Å². The Morgan fingerprint density at radius 2 is 1.58 bits per heavy atom. The zero-order chi connectivity index (χ0) is 23.9. The Hall–Kier alpha value is -2.99. The van der Waals surface area contributed by atoms with Crippen molar-refractivity contribution in [2.24, 2.45) is 5.16 Å². The average molecular weight is 456 g/mol. The molecule has 0 radical (unpaired) electrons. The molecule has 0 amide bonds. The van der Waals surface area contributed by atoms with Gasteiger partial charge in [-0.1, -0.05) is 17.3 Å². The van der Waals surface area contributed by atoms with Crippen LogP contribution in [0.4, 0.5) is 0 Å². The van der Waals surface area contributed by atoms with Crippen LogP contribution in [0.2, 0.25) is 0 Å². The van der Waals surface area contributed by atoms with Crippen LogP contribution < -0.4 is 14.2 Å². The van der Waals surface area contributed by atoms with Crippen LogP contribution in [0.3, 0.4) is 0 Å². The van der Waals surface area contributed by atoms with Gasteiger partial charge in [0.1, 0.15) is 36.7 Å². The van der Waals surface area contributed by atoms with Gasteiger partial charge in [-0.15, -0.1) is 0 Å². The third kappa shape index (κ3) is 9.18. The van der Waals surface area contributed by atoms with E-state index in [4.69, 9.17) is 23.8 Å². The fourth-order valence-electron chi connectivity index (χ4n) is 3.34. The largest absolute Gasteiger partial charge is 0.497 e. The highest BCUT2D eigenvalue weighted by atomic mass is 16.6. The van der Waals surface area contributed by atoms with Crippen molar-refractivity contribution in [2.45, 2.75) is 40.0 Å². The Labute approximate surface area is 198 Å². The summed E-state index contributed by atoms with van der Waals surface area (Å²) in [6.45, 7) is 8.42. The van der Waals surface area contributed by atoms with E-state index >= 15 is 0 Å². The van der Waals surface area contributed by atoms with Crippen LogP contribution in [-0.2, 0) is 9.57 Å². The van der Waals surface area contributed by atoms with Crippen molar-refractivity contribution in [2.75, 3.05) is 40.6 Å². The molecule has 6 heteroatoms. The molecule has 33 heavy (non-hydrogen) atoms. The maximum Gasteiger partial charge on any atom is 0.125 e. The summed E-state index contributed by atoms with van der Waals surface area (Å²) >= 11 is 0. The van der Waals surface area contributed by atoms with E-state index in [1.54, 1.807) is 7.11 Å². The number of nitrogens with zero attached hydrogens (tertiary/aromatic N) is 1. The fourth-order valence-corrected chi connectivity index (χ4v) is 3.34. The molecular formula is C27H37NO5. The molecule has 0 aromatic heterocycles. The number of benzene rings is 2. The topological polar surface area (TPSA) is 58.5 Å². The van der Waals surface area contributed by atoms with E-state index in [1.165, 1.54) is 7.11 Å². The molecule has 0 aliphatic heterocycles. The maximum absolute atomic E-state index is 6.05. The summed E-state index contributed by atoms with van der Waals surface area (Å²) in [6, 6.07) is 11.7. The van der Waals surface area contributed by atoms with Crippen LogP contribution in [-0.4, -0.2) is 46.4 Å². The highest BCUT2D eigenvalue weighted by molar-refractivity contribution is 6.01. The summed E-state index contributed by atoms with van der Waals surface area (Å²) in [5.41, 5.74) is 3.90. The van der Waals surface area contributed by atoms with Crippen molar-refractivity contribution in [1.29, 1.82) is 0 Å². The number of ether oxygens (including phenoxy) is 4. The van der Waals surface area contributed by atoms with Gasteiger partial charge in [0.2, 0.25) is 0 Å². The summed E-state index contributed by atoms with van der Waals surface area (Å²) in [7, 11) is 3.19. The summed E-state index contributed by atoms with van der Waals surface area (Å²) in [4.78, 5) is 4.97. The van der Waals surface area contributed by atoms with E-state index in [0.717, 1.165) is 58.9 Å². The second kappa shape index (κ2) is 15.0. The van der Waals surface area contributed by atoms with Gasteiger partial charge in [-0.3, -0.25) is 0 Å². The first kappa shape index (κ1) is 26.3. The first-order valence-corrected chi connectivity index (χ1v) is 11.4. The van der Waals surface area contributed by atoms with Gasteiger partial charge >= 0.3 is 0 Å². The number of rotatable bonds is 15. The lowest BCUT2D eigenvalue weighted by molar-refractivity contribution is 0.157. The van der Waals surface area contributed by atoms with Gasteiger partial charge in [0.25, 0.3) is 0 Å². The summed E-state index contributed by atoms with van der Waals surface area (Å²) in [6.07, 6.45) is 6.93. The minimum absolute atomic E-state index is 0.400. The average Bonchev–Trinajstić information content (AvgIpc) is 2.81. The molecule has 0 bridgehead atoms. The van der Waals surface area contributed by atoms with Crippen LogP contribution in [0.5, 0.6) is 17.2 Å². The second-order valence-corrected chi connectivity index (χ2v) is 7.68. The number of unbranched alkanes of at least 4 members (excludes halogenated alkanes) is 2.